The van der Waals surface area contributed by atoms with E-state index in [9.17, 15) is 4.79 Å². The topological polar surface area (TPSA) is 48.0 Å². The molecule has 300 valence electrons. The highest BCUT2D eigenvalue weighted by Gasteiger charge is 2.45. The highest BCUT2D eigenvalue weighted by molar-refractivity contribution is 5.67. The molecule has 1 amide bonds. The van der Waals surface area contributed by atoms with Crippen molar-refractivity contribution in [3.8, 4) is 0 Å². The molecule has 1 aromatic rings. The van der Waals surface area contributed by atoms with Crippen LogP contribution in [0.5, 0.6) is 0 Å². The van der Waals surface area contributed by atoms with Crippen LogP contribution in [0.15, 0.2) is 78.9 Å². The van der Waals surface area contributed by atoms with Gasteiger partial charge in [-0.2, -0.15) is 0 Å². The van der Waals surface area contributed by atoms with Crippen LogP contribution in [0.1, 0.15) is 180 Å². The molecule has 0 aliphatic carbocycles. The first kappa shape index (κ1) is 46.5. The van der Waals surface area contributed by atoms with Crippen molar-refractivity contribution < 1.29 is 19.0 Å². The molecule has 0 spiro atoms. The first-order valence-corrected chi connectivity index (χ1v) is 21.8. The van der Waals surface area contributed by atoms with Crippen LogP contribution in [-0.2, 0) is 20.8 Å². The fraction of sp³-hybridized carbons (Fsp3) is 0.688. The standard InChI is InChI=1S/C48H79NO4/c1-5-7-9-11-13-15-17-19-21-23-25-27-29-31-36-40-45-46(41-37-32-30-28-26-24-22-20-18-16-14-12-10-8-6-2)53-48(3,52-45)43-49(4)47(50)51-42-44-38-34-33-35-39-44/h13-16,19-22,33-35,38-39,45-46H,5-12,17-18,23-32,36-37,40-43H2,1-4H3/b15-13-,16-14-,21-19-,22-20-. The largest absolute Gasteiger partial charge is 0.445 e. The molecule has 1 aromatic carbocycles. The highest BCUT2D eigenvalue weighted by Crippen LogP contribution is 2.35. The maximum Gasteiger partial charge on any atom is 0.410 e. The summed E-state index contributed by atoms with van der Waals surface area (Å²) in [6.45, 7) is 7.11. The summed E-state index contributed by atoms with van der Waals surface area (Å²) in [7, 11) is 1.77. The second-order valence-corrected chi connectivity index (χ2v) is 15.4. The van der Waals surface area contributed by atoms with Gasteiger partial charge in [-0.3, -0.25) is 0 Å². The average molecular weight is 734 g/mol. The van der Waals surface area contributed by atoms with E-state index in [1.165, 1.54) is 116 Å². The monoisotopic (exact) mass is 734 g/mol. The minimum Gasteiger partial charge on any atom is -0.445 e. The van der Waals surface area contributed by atoms with Crippen LogP contribution >= 0.6 is 0 Å². The van der Waals surface area contributed by atoms with E-state index in [-0.39, 0.29) is 24.9 Å². The van der Waals surface area contributed by atoms with Crippen molar-refractivity contribution in [1.82, 2.24) is 4.90 Å². The van der Waals surface area contributed by atoms with Crippen molar-refractivity contribution in [2.45, 2.75) is 199 Å². The number of amides is 1. The van der Waals surface area contributed by atoms with E-state index in [4.69, 9.17) is 14.2 Å². The van der Waals surface area contributed by atoms with E-state index in [1.807, 2.05) is 37.3 Å². The number of hydrogen-bond acceptors (Lipinski definition) is 4. The Morgan fingerprint density at radius 3 is 1.49 bits per heavy atom. The molecule has 0 aromatic heterocycles. The molecule has 5 heteroatoms. The zero-order valence-corrected chi connectivity index (χ0v) is 34.6. The molecule has 1 aliphatic rings. The molecule has 2 atom stereocenters. The minimum atomic E-state index is -0.829. The average Bonchev–Trinajstić information content (AvgIpc) is 3.48. The number of nitrogens with zero attached hydrogens (tertiary/aromatic N) is 1. The predicted molar refractivity (Wildman–Crippen MR) is 226 cm³/mol. The molecular formula is C48H79NO4. The Balaban J connectivity index is 1.71. The predicted octanol–water partition coefficient (Wildman–Crippen LogP) is 14.4. The molecule has 1 fully saturated rings. The van der Waals surface area contributed by atoms with Crippen molar-refractivity contribution in [3.05, 3.63) is 84.5 Å². The Kier molecular flexibility index (Phi) is 27.8. The minimum absolute atomic E-state index is 0.0672. The van der Waals surface area contributed by atoms with Gasteiger partial charge in [0, 0.05) is 7.05 Å². The van der Waals surface area contributed by atoms with Crippen molar-refractivity contribution in [2.24, 2.45) is 0 Å². The fourth-order valence-electron chi connectivity index (χ4n) is 7.02. The van der Waals surface area contributed by atoms with Gasteiger partial charge in [0.2, 0.25) is 0 Å². The van der Waals surface area contributed by atoms with Crippen LogP contribution in [0.3, 0.4) is 0 Å². The number of carbonyl (C=O) groups excluding carboxylic acids is 1. The lowest BCUT2D eigenvalue weighted by Crippen LogP contribution is -2.43. The summed E-state index contributed by atoms with van der Waals surface area (Å²) < 4.78 is 18.9. The van der Waals surface area contributed by atoms with E-state index in [1.54, 1.807) is 11.9 Å². The Morgan fingerprint density at radius 2 is 1.04 bits per heavy atom. The lowest BCUT2D eigenvalue weighted by atomic mass is 9.99. The first-order valence-electron chi connectivity index (χ1n) is 21.8. The van der Waals surface area contributed by atoms with Crippen molar-refractivity contribution in [1.29, 1.82) is 0 Å². The molecule has 5 nitrogen and oxygen atoms in total. The van der Waals surface area contributed by atoms with Crippen LogP contribution in [0.2, 0.25) is 0 Å². The van der Waals surface area contributed by atoms with E-state index in [0.717, 1.165) is 44.1 Å². The second-order valence-electron chi connectivity index (χ2n) is 15.4. The molecule has 0 radical (unpaired) electrons. The summed E-state index contributed by atoms with van der Waals surface area (Å²) in [5.74, 6) is -0.829. The van der Waals surface area contributed by atoms with Crippen LogP contribution in [0, 0.1) is 0 Å². The number of rotatable bonds is 32. The number of likely N-dealkylation sites (N-methyl/N-ethyl adjacent to an activating group) is 1. The lowest BCUT2D eigenvalue weighted by Gasteiger charge is -2.28. The molecule has 1 heterocycles. The number of benzene rings is 1. The zero-order valence-electron chi connectivity index (χ0n) is 34.6. The maximum atomic E-state index is 12.8. The maximum absolute atomic E-state index is 12.8. The number of hydrogen-bond donors (Lipinski definition) is 0. The molecule has 2 rings (SSSR count). The molecule has 1 aliphatic heterocycles. The molecule has 1 saturated heterocycles. The SMILES string of the molecule is CCCCC/C=C\C/C=C\CCCCCCCC1OC(C)(CN(C)C(=O)OCc2ccccc2)OC1CCCCCCC/C=C\C/C=C\CCCCC. The summed E-state index contributed by atoms with van der Waals surface area (Å²) in [4.78, 5) is 14.4. The van der Waals surface area contributed by atoms with Crippen molar-refractivity contribution in [3.63, 3.8) is 0 Å². The van der Waals surface area contributed by atoms with Gasteiger partial charge in [0.1, 0.15) is 6.61 Å². The number of allylic oxidation sites excluding steroid dienone is 8. The Hall–Kier alpha value is -2.63. The van der Waals surface area contributed by atoms with Gasteiger partial charge in [-0.05, 0) is 89.5 Å². The molecule has 0 N–H and O–H groups in total. The van der Waals surface area contributed by atoms with E-state index in [2.05, 4.69) is 62.5 Å². The van der Waals surface area contributed by atoms with Gasteiger partial charge in [-0.15, -0.1) is 0 Å². The molecular weight excluding hydrogens is 655 g/mol. The smallest absolute Gasteiger partial charge is 0.410 e. The lowest BCUT2D eigenvalue weighted by molar-refractivity contribution is -0.170. The normalized spacial score (nSPS) is 19.1. The van der Waals surface area contributed by atoms with Crippen molar-refractivity contribution in [2.75, 3.05) is 13.6 Å². The van der Waals surface area contributed by atoms with Gasteiger partial charge in [-0.25, -0.2) is 4.79 Å². The van der Waals surface area contributed by atoms with E-state index in [0.29, 0.717) is 6.54 Å². The fourth-order valence-corrected chi connectivity index (χ4v) is 7.02. The highest BCUT2D eigenvalue weighted by atomic mass is 16.8. The summed E-state index contributed by atoms with van der Waals surface area (Å²) in [5.41, 5.74) is 0.976. The Morgan fingerprint density at radius 1 is 0.623 bits per heavy atom. The van der Waals surface area contributed by atoms with Crippen LogP contribution in [-0.4, -0.2) is 42.6 Å². The molecule has 2 unspecified atom stereocenters. The third-order valence-corrected chi connectivity index (χ3v) is 10.1. The van der Waals surface area contributed by atoms with Gasteiger partial charge in [-0.1, -0.05) is 170 Å². The second kappa shape index (κ2) is 31.7. The third kappa shape index (κ3) is 24.4. The van der Waals surface area contributed by atoms with Gasteiger partial charge >= 0.3 is 6.09 Å². The summed E-state index contributed by atoms with van der Waals surface area (Å²) in [5, 5.41) is 0. The quantitative estimate of drug-likeness (QED) is 0.0546. The van der Waals surface area contributed by atoms with Crippen LogP contribution in [0.25, 0.3) is 0 Å². The van der Waals surface area contributed by atoms with Crippen LogP contribution in [0.4, 0.5) is 4.79 Å². The number of unbranched alkanes of at least 4 members (excludes halogenated alkanes) is 16. The molecule has 53 heavy (non-hydrogen) atoms. The van der Waals surface area contributed by atoms with Gasteiger partial charge in [0.25, 0.3) is 0 Å². The van der Waals surface area contributed by atoms with Gasteiger partial charge < -0.3 is 19.1 Å². The van der Waals surface area contributed by atoms with Gasteiger partial charge in [0.05, 0.1) is 18.8 Å². The van der Waals surface area contributed by atoms with Crippen LogP contribution < -0.4 is 0 Å². The van der Waals surface area contributed by atoms with Crippen molar-refractivity contribution >= 4 is 6.09 Å². The first-order chi connectivity index (χ1) is 26.0. The number of carbonyl (C=O) groups is 1. The van der Waals surface area contributed by atoms with Gasteiger partial charge in [0.15, 0.2) is 5.79 Å². The van der Waals surface area contributed by atoms with E-state index < -0.39 is 5.79 Å². The summed E-state index contributed by atoms with van der Waals surface area (Å²) in [6, 6.07) is 9.80. The Labute approximate surface area is 326 Å². The zero-order chi connectivity index (χ0) is 38.1. The third-order valence-electron chi connectivity index (χ3n) is 10.1. The molecule has 0 saturated carbocycles. The Bertz CT molecular complexity index is 1070. The summed E-state index contributed by atoms with van der Waals surface area (Å²) in [6.07, 6.45) is 47.6. The summed E-state index contributed by atoms with van der Waals surface area (Å²) >= 11 is 0. The van der Waals surface area contributed by atoms with E-state index >= 15 is 0 Å². The number of ether oxygens (including phenoxy) is 3. The molecule has 0 bridgehead atoms.